The Labute approximate surface area is 147 Å². The first-order valence-electron chi connectivity index (χ1n) is 8.63. The Morgan fingerprint density at radius 1 is 1.04 bits per heavy atom. The molecule has 5 heteroatoms. The van der Waals surface area contributed by atoms with Crippen molar-refractivity contribution in [1.82, 2.24) is 9.97 Å². The van der Waals surface area contributed by atoms with E-state index in [0.29, 0.717) is 11.4 Å². The lowest BCUT2D eigenvalue weighted by atomic mass is 10.2. The van der Waals surface area contributed by atoms with Crippen LogP contribution in [0.1, 0.15) is 36.7 Å². The molecule has 3 rings (SSSR count). The van der Waals surface area contributed by atoms with Crippen LogP contribution in [0.3, 0.4) is 0 Å². The first-order chi connectivity index (χ1) is 12.3. The van der Waals surface area contributed by atoms with Crippen molar-refractivity contribution in [3.63, 3.8) is 0 Å². The first kappa shape index (κ1) is 16.9. The number of nitrogens with one attached hydrogen (secondary N) is 2. The topological polar surface area (TPSA) is 66.9 Å². The van der Waals surface area contributed by atoms with Crippen molar-refractivity contribution in [2.75, 3.05) is 17.2 Å². The number of pyridine rings is 2. The van der Waals surface area contributed by atoms with Gasteiger partial charge in [0.2, 0.25) is 0 Å². The standard InChI is InChI=1S/C20H22N4O/c1-2-3-4-12-21-16-10-11-18(23-14-16)20(25)24-17-9-5-7-15-8-6-13-22-19(15)17/h5-11,13-14,21H,2-4,12H2,1H3,(H,24,25). The van der Waals surface area contributed by atoms with Crippen molar-refractivity contribution < 1.29 is 4.79 Å². The van der Waals surface area contributed by atoms with Crippen molar-refractivity contribution in [3.8, 4) is 0 Å². The molecule has 0 spiro atoms. The number of anilines is 2. The van der Waals surface area contributed by atoms with Crippen molar-refractivity contribution in [2.45, 2.75) is 26.2 Å². The van der Waals surface area contributed by atoms with E-state index in [9.17, 15) is 4.79 Å². The molecule has 3 aromatic rings. The highest BCUT2D eigenvalue weighted by Crippen LogP contribution is 2.21. The fourth-order valence-electron chi connectivity index (χ4n) is 2.63. The minimum Gasteiger partial charge on any atom is -0.384 e. The zero-order valence-corrected chi connectivity index (χ0v) is 14.3. The molecule has 5 nitrogen and oxygen atoms in total. The van der Waals surface area contributed by atoms with Gasteiger partial charge in [0, 0.05) is 18.1 Å². The number of para-hydroxylation sites is 1. The molecule has 0 aliphatic heterocycles. The van der Waals surface area contributed by atoms with Gasteiger partial charge in [-0.25, -0.2) is 4.98 Å². The van der Waals surface area contributed by atoms with Gasteiger partial charge in [0.25, 0.3) is 5.91 Å². The number of unbranched alkanes of at least 4 members (excludes halogenated alkanes) is 2. The summed E-state index contributed by atoms with van der Waals surface area (Å²) in [5.74, 6) is -0.240. The van der Waals surface area contributed by atoms with Crippen LogP contribution in [0, 0.1) is 0 Å². The summed E-state index contributed by atoms with van der Waals surface area (Å²) in [6, 6.07) is 13.2. The zero-order valence-electron chi connectivity index (χ0n) is 14.3. The van der Waals surface area contributed by atoms with Gasteiger partial charge in [0.1, 0.15) is 5.69 Å². The normalized spacial score (nSPS) is 10.6. The van der Waals surface area contributed by atoms with Gasteiger partial charge < -0.3 is 10.6 Å². The van der Waals surface area contributed by atoms with Crippen LogP contribution in [-0.4, -0.2) is 22.4 Å². The Morgan fingerprint density at radius 2 is 1.92 bits per heavy atom. The summed E-state index contributed by atoms with van der Waals surface area (Å²) in [7, 11) is 0. The number of rotatable bonds is 7. The van der Waals surface area contributed by atoms with Gasteiger partial charge in [0.05, 0.1) is 23.1 Å². The molecule has 0 fully saturated rings. The average Bonchev–Trinajstić information content (AvgIpc) is 2.66. The van der Waals surface area contributed by atoms with E-state index in [1.54, 1.807) is 18.5 Å². The van der Waals surface area contributed by atoms with Gasteiger partial charge >= 0.3 is 0 Å². The van der Waals surface area contributed by atoms with Gasteiger partial charge in [-0.15, -0.1) is 0 Å². The molecule has 0 bridgehead atoms. The fraction of sp³-hybridized carbons (Fsp3) is 0.250. The van der Waals surface area contributed by atoms with Gasteiger partial charge in [-0.1, -0.05) is 38.0 Å². The average molecular weight is 334 g/mol. The Morgan fingerprint density at radius 3 is 2.72 bits per heavy atom. The third-order valence-corrected chi connectivity index (χ3v) is 3.99. The van der Waals surface area contributed by atoms with Crippen LogP contribution < -0.4 is 10.6 Å². The number of nitrogens with zero attached hydrogens (tertiary/aromatic N) is 2. The number of carbonyl (C=O) groups is 1. The maximum Gasteiger partial charge on any atom is 0.274 e. The molecular weight excluding hydrogens is 312 g/mol. The highest BCUT2D eigenvalue weighted by Gasteiger charge is 2.10. The Balaban J connectivity index is 1.66. The molecule has 0 saturated heterocycles. The van der Waals surface area contributed by atoms with E-state index in [-0.39, 0.29) is 5.91 Å². The van der Waals surface area contributed by atoms with Gasteiger partial charge in [-0.3, -0.25) is 9.78 Å². The highest BCUT2D eigenvalue weighted by atomic mass is 16.1. The molecule has 0 atom stereocenters. The molecule has 128 valence electrons. The number of carbonyl (C=O) groups excluding carboxylic acids is 1. The van der Waals surface area contributed by atoms with E-state index in [2.05, 4.69) is 27.5 Å². The summed E-state index contributed by atoms with van der Waals surface area (Å²) in [5.41, 5.74) is 2.77. The van der Waals surface area contributed by atoms with E-state index in [4.69, 9.17) is 0 Å². The molecular formula is C20H22N4O. The number of hydrogen-bond donors (Lipinski definition) is 2. The number of benzene rings is 1. The maximum absolute atomic E-state index is 12.4. The van der Waals surface area contributed by atoms with E-state index in [0.717, 1.165) is 29.6 Å². The molecule has 0 saturated carbocycles. The summed E-state index contributed by atoms with van der Waals surface area (Å²) in [4.78, 5) is 21.1. The fourth-order valence-corrected chi connectivity index (χ4v) is 2.63. The minimum absolute atomic E-state index is 0.240. The van der Waals surface area contributed by atoms with Crippen molar-refractivity contribution in [3.05, 3.63) is 60.6 Å². The van der Waals surface area contributed by atoms with Gasteiger partial charge in [-0.05, 0) is 30.7 Å². The number of amides is 1. The maximum atomic E-state index is 12.4. The van der Waals surface area contributed by atoms with Crippen molar-refractivity contribution >= 4 is 28.2 Å². The van der Waals surface area contributed by atoms with E-state index < -0.39 is 0 Å². The largest absolute Gasteiger partial charge is 0.384 e. The second kappa shape index (κ2) is 8.24. The smallest absolute Gasteiger partial charge is 0.274 e. The Bertz CT molecular complexity index is 840. The molecule has 0 unspecified atom stereocenters. The predicted octanol–water partition coefficient (Wildman–Crippen LogP) is 4.48. The summed E-state index contributed by atoms with van der Waals surface area (Å²) >= 11 is 0. The monoisotopic (exact) mass is 334 g/mol. The summed E-state index contributed by atoms with van der Waals surface area (Å²) in [5, 5.41) is 7.20. The summed E-state index contributed by atoms with van der Waals surface area (Å²) < 4.78 is 0. The van der Waals surface area contributed by atoms with Crippen LogP contribution in [0.25, 0.3) is 10.9 Å². The number of aromatic nitrogens is 2. The quantitative estimate of drug-likeness (QED) is 0.625. The second-order valence-corrected chi connectivity index (χ2v) is 5.90. The number of fused-ring (bicyclic) bond motifs is 1. The van der Waals surface area contributed by atoms with Crippen LogP contribution in [0.4, 0.5) is 11.4 Å². The molecule has 1 amide bonds. The SMILES string of the molecule is CCCCCNc1ccc(C(=O)Nc2cccc3cccnc23)nc1. The van der Waals surface area contributed by atoms with E-state index >= 15 is 0 Å². The Hall–Kier alpha value is -2.95. The molecule has 2 N–H and O–H groups in total. The zero-order chi connectivity index (χ0) is 17.5. The summed E-state index contributed by atoms with van der Waals surface area (Å²) in [6.07, 6.45) is 6.95. The highest BCUT2D eigenvalue weighted by molar-refractivity contribution is 6.07. The van der Waals surface area contributed by atoms with Gasteiger partial charge in [-0.2, -0.15) is 0 Å². The molecule has 0 radical (unpaired) electrons. The van der Waals surface area contributed by atoms with Crippen LogP contribution in [0.15, 0.2) is 54.9 Å². The lowest BCUT2D eigenvalue weighted by Gasteiger charge is -2.09. The molecule has 0 aliphatic carbocycles. The molecule has 1 aromatic carbocycles. The van der Waals surface area contributed by atoms with E-state index in [1.807, 2.05) is 36.4 Å². The molecule has 2 heterocycles. The third kappa shape index (κ3) is 4.32. The van der Waals surface area contributed by atoms with Crippen molar-refractivity contribution in [2.24, 2.45) is 0 Å². The molecule has 0 aliphatic rings. The lowest BCUT2D eigenvalue weighted by molar-refractivity contribution is 0.102. The van der Waals surface area contributed by atoms with Crippen LogP contribution in [0.2, 0.25) is 0 Å². The van der Waals surface area contributed by atoms with Crippen molar-refractivity contribution in [1.29, 1.82) is 0 Å². The molecule has 25 heavy (non-hydrogen) atoms. The van der Waals surface area contributed by atoms with Crippen LogP contribution in [-0.2, 0) is 0 Å². The number of hydrogen-bond acceptors (Lipinski definition) is 4. The lowest BCUT2D eigenvalue weighted by Crippen LogP contribution is -2.14. The second-order valence-electron chi connectivity index (χ2n) is 5.90. The van der Waals surface area contributed by atoms with E-state index in [1.165, 1.54) is 12.8 Å². The predicted molar refractivity (Wildman–Crippen MR) is 102 cm³/mol. The summed E-state index contributed by atoms with van der Waals surface area (Å²) in [6.45, 7) is 3.10. The minimum atomic E-state index is -0.240. The molecule has 2 aromatic heterocycles. The Kier molecular flexibility index (Phi) is 5.57. The third-order valence-electron chi connectivity index (χ3n) is 3.99. The van der Waals surface area contributed by atoms with Crippen LogP contribution >= 0.6 is 0 Å². The van der Waals surface area contributed by atoms with Gasteiger partial charge in [0.15, 0.2) is 0 Å². The first-order valence-corrected chi connectivity index (χ1v) is 8.63. The van der Waals surface area contributed by atoms with Crippen LogP contribution in [0.5, 0.6) is 0 Å².